The minimum atomic E-state index is -0.397. The van der Waals surface area contributed by atoms with Crippen LogP contribution >= 0.6 is 0 Å². The SMILES string of the molecule is CC(=O)c1[c]c(C(C)=O)c(C(C)=O)c(C(C)=O)c1. The summed E-state index contributed by atoms with van der Waals surface area (Å²) in [4.78, 5) is 46.0. The summed E-state index contributed by atoms with van der Waals surface area (Å²) < 4.78 is 0. The van der Waals surface area contributed by atoms with E-state index >= 15 is 0 Å². The van der Waals surface area contributed by atoms with Crippen molar-refractivity contribution in [1.29, 1.82) is 0 Å². The van der Waals surface area contributed by atoms with Crippen molar-refractivity contribution in [3.8, 4) is 0 Å². The monoisotopic (exact) mass is 245 g/mol. The predicted octanol–water partition coefficient (Wildman–Crippen LogP) is 2.30. The van der Waals surface area contributed by atoms with Crippen LogP contribution in [0.5, 0.6) is 0 Å². The number of Topliss-reactive ketones (excluding diaryl/α,β-unsaturated/α-hetero) is 4. The fraction of sp³-hybridized carbons (Fsp3) is 0.286. The van der Waals surface area contributed by atoms with Gasteiger partial charge in [0, 0.05) is 28.3 Å². The lowest BCUT2D eigenvalue weighted by atomic mass is 9.90. The Balaban J connectivity index is 3.76. The number of carbonyl (C=O) groups is 4. The first kappa shape index (κ1) is 14.0. The maximum Gasteiger partial charge on any atom is 0.161 e. The number of hydrogen-bond donors (Lipinski definition) is 0. The van der Waals surface area contributed by atoms with Gasteiger partial charge in [0.2, 0.25) is 0 Å². The molecule has 0 aliphatic rings. The van der Waals surface area contributed by atoms with Gasteiger partial charge < -0.3 is 0 Å². The summed E-state index contributed by atoms with van der Waals surface area (Å²) in [7, 11) is 0. The van der Waals surface area contributed by atoms with Gasteiger partial charge in [-0.2, -0.15) is 0 Å². The zero-order chi connectivity index (χ0) is 14.0. The average Bonchev–Trinajstić information content (AvgIpc) is 2.26. The molecular weight excluding hydrogens is 232 g/mol. The molecule has 1 rings (SSSR count). The lowest BCUT2D eigenvalue weighted by Gasteiger charge is -2.10. The van der Waals surface area contributed by atoms with E-state index in [1.807, 2.05) is 0 Å². The molecule has 0 aliphatic heterocycles. The van der Waals surface area contributed by atoms with Crippen LogP contribution in [-0.4, -0.2) is 23.1 Å². The predicted molar refractivity (Wildman–Crippen MR) is 65.3 cm³/mol. The van der Waals surface area contributed by atoms with Crippen LogP contribution in [0.1, 0.15) is 69.1 Å². The fourth-order valence-electron chi connectivity index (χ4n) is 1.68. The second-order valence-electron chi connectivity index (χ2n) is 4.07. The van der Waals surface area contributed by atoms with Gasteiger partial charge in [-0.3, -0.25) is 19.2 Å². The van der Waals surface area contributed by atoms with Crippen molar-refractivity contribution in [2.24, 2.45) is 0 Å². The van der Waals surface area contributed by atoms with E-state index in [-0.39, 0.29) is 33.8 Å². The first-order chi connectivity index (χ1) is 8.25. The Morgan fingerprint density at radius 1 is 0.833 bits per heavy atom. The van der Waals surface area contributed by atoms with Crippen molar-refractivity contribution in [2.75, 3.05) is 0 Å². The first-order valence-corrected chi connectivity index (χ1v) is 5.39. The lowest BCUT2D eigenvalue weighted by Crippen LogP contribution is -2.13. The third-order valence-electron chi connectivity index (χ3n) is 2.53. The summed E-state index contributed by atoms with van der Waals surface area (Å²) in [5.74, 6) is -1.46. The molecule has 1 aromatic carbocycles. The van der Waals surface area contributed by atoms with Crippen molar-refractivity contribution in [3.63, 3.8) is 0 Å². The topological polar surface area (TPSA) is 68.3 Å². The van der Waals surface area contributed by atoms with E-state index < -0.39 is 11.6 Å². The molecule has 0 bridgehead atoms. The van der Waals surface area contributed by atoms with Crippen LogP contribution in [0.2, 0.25) is 0 Å². The standard InChI is InChI=1S/C14H13O4/c1-7(15)11-5-12(8(2)16)14(10(4)18)13(6-11)9(3)17/h5H,1-4H3. The summed E-state index contributed by atoms with van der Waals surface area (Å²) in [5, 5.41) is 0. The molecule has 4 heteroatoms. The Kier molecular flexibility index (Phi) is 3.91. The van der Waals surface area contributed by atoms with Crippen molar-refractivity contribution < 1.29 is 19.2 Å². The number of benzene rings is 1. The van der Waals surface area contributed by atoms with Gasteiger partial charge >= 0.3 is 0 Å². The van der Waals surface area contributed by atoms with Crippen LogP contribution in [0.4, 0.5) is 0 Å². The van der Waals surface area contributed by atoms with E-state index in [1.54, 1.807) is 0 Å². The van der Waals surface area contributed by atoms with E-state index in [1.165, 1.54) is 33.8 Å². The maximum absolute atomic E-state index is 11.6. The smallest absolute Gasteiger partial charge is 0.161 e. The van der Waals surface area contributed by atoms with E-state index in [0.717, 1.165) is 0 Å². The molecule has 0 atom stereocenters. The molecule has 1 aromatic rings. The highest BCUT2D eigenvalue weighted by molar-refractivity contribution is 6.15. The second kappa shape index (κ2) is 5.04. The van der Waals surface area contributed by atoms with Crippen molar-refractivity contribution in [3.05, 3.63) is 34.4 Å². The fourth-order valence-corrected chi connectivity index (χ4v) is 1.68. The number of carbonyl (C=O) groups excluding carboxylic acids is 4. The van der Waals surface area contributed by atoms with Gasteiger partial charge in [-0.15, -0.1) is 0 Å². The molecule has 0 unspecified atom stereocenters. The van der Waals surface area contributed by atoms with E-state index in [0.29, 0.717) is 0 Å². The second-order valence-corrected chi connectivity index (χ2v) is 4.07. The number of ketones is 4. The molecule has 4 nitrogen and oxygen atoms in total. The van der Waals surface area contributed by atoms with Gasteiger partial charge in [-0.1, -0.05) is 0 Å². The minimum Gasteiger partial charge on any atom is -0.294 e. The van der Waals surface area contributed by atoms with E-state index in [9.17, 15) is 19.2 Å². The highest BCUT2D eigenvalue weighted by atomic mass is 16.1. The first-order valence-electron chi connectivity index (χ1n) is 5.39. The molecule has 0 heterocycles. The Bertz CT molecular complexity index is 532. The van der Waals surface area contributed by atoms with E-state index in [2.05, 4.69) is 6.07 Å². The molecule has 0 N–H and O–H groups in total. The minimum absolute atomic E-state index is 0.000370. The Hall–Kier alpha value is -2.10. The molecule has 93 valence electrons. The molecular formula is C14H13O4. The zero-order valence-corrected chi connectivity index (χ0v) is 10.7. The van der Waals surface area contributed by atoms with Crippen LogP contribution in [0.15, 0.2) is 6.07 Å². The van der Waals surface area contributed by atoms with Crippen LogP contribution in [0.25, 0.3) is 0 Å². The molecule has 0 amide bonds. The summed E-state index contributed by atoms with van der Waals surface area (Å²) in [6.07, 6.45) is 0. The largest absolute Gasteiger partial charge is 0.294 e. The molecule has 18 heavy (non-hydrogen) atoms. The third-order valence-corrected chi connectivity index (χ3v) is 2.53. The number of hydrogen-bond acceptors (Lipinski definition) is 4. The molecule has 0 aromatic heterocycles. The molecule has 0 saturated heterocycles. The van der Waals surface area contributed by atoms with Crippen LogP contribution in [-0.2, 0) is 0 Å². The third kappa shape index (κ3) is 2.59. The summed E-state index contributed by atoms with van der Waals surface area (Å²) in [5.41, 5.74) is 0.271. The molecule has 0 aliphatic carbocycles. The molecule has 0 fully saturated rings. The Morgan fingerprint density at radius 3 is 1.72 bits per heavy atom. The number of rotatable bonds is 4. The van der Waals surface area contributed by atoms with E-state index in [4.69, 9.17) is 0 Å². The van der Waals surface area contributed by atoms with Crippen molar-refractivity contribution in [2.45, 2.75) is 27.7 Å². The van der Waals surface area contributed by atoms with Crippen LogP contribution in [0, 0.1) is 6.07 Å². The summed E-state index contributed by atoms with van der Waals surface area (Å²) >= 11 is 0. The highest BCUT2D eigenvalue weighted by Gasteiger charge is 2.21. The Labute approximate surface area is 105 Å². The zero-order valence-electron chi connectivity index (χ0n) is 10.7. The maximum atomic E-state index is 11.6. The van der Waals surface area contributed by atoms with Gasteiger partial charge in [0.05, 0.1) is 0 Å². The van der Waals surface area contributed by atoms with Gasteiger partial charge in [0.1, 0.15) is 0 Å². The van der Waals surface area contributed by atoms with Gasteiger partial charge in [0.15, 0.2) is 23.1 Å². The van der Waals surface area contributed by atoms with Crippen LogP contribution < -0.4 is 0 Å². The van der Waals surface area contributed by atoms with Crippen LogP contribution in [0.3, 0.4) is 0 Å². The van der Waals surface area contributed by atoms with Crippen molar-refractivity contribution in [1.82, 2.24) is 0 Å². The van der Waals surface area contributed by atoms with Gasteiger partial charge in [-0.25, -0.2) is 0 Å². The normalized spacial score (nSPS) is 10.0. The highest BCUT2D eigenvalue weighted by Crippen LogP contribution is 2.20. The summed E-state index contributed by atoms with van der Waals surface area (Å²) in [6.45, 7) is 5.14. The molecule has 0 spiro atoms. The lowest BCUT2D eigenvalue weighted by molar-refractivity contribution is 0.0966. The van der Waals surface area contributed by atoms with Crippen molar-refractivity contribution >= 4 is 23.1 Å². The molecule has 0 saturated carbocycles. The van der Waals surface area contributed by atoms with Gasteiger partial charge in [-0.05, 0) is 33.8 Å². The molecule has 1 radical (unpaired) electrons. The Morgan fingerprint density at radius 2 is 1.39 bits per heavy atom. The summed E-state index contributed by atoms with van der Waals surface area (Å²) in [6, 6.07) is 3.93. The van der Waals surface area contributed by atoms with Gasteiger partial charge in [0.25, 0.3) is 0 Å². The average molecular weight is 245 g/mol. The quantitative estimate of drug-likeness (QED) is 0.763.